The third-order valence-corrected chi connectivity index (χ3v) is 3.58. The Balaban J connectivity index is 2.31. The lowest BCUT2D eigenvalue weighted by atomic mass is 10.0. The highest BCUT2D eigenvalue weighted by Gasteiger charge is 2.20. The van der Waals surface area contributed by atoms with Gasteiger partial charge >= 0.3 is 0 Å². The molecule has 0 spiro atoms. The van der Waals surface area contributed by atoms with Gasteiger partial charge in [-0.2, -0.15) is 0 Å². The molecule has 0 radical (unpaired) electrons. The summed E-state index contributed by atoms with van der Waals surface area (Å²) in [5, 5.41) is 2.95. The molecule has 2 nitrogen and oxygen atoms in total. The molecule has 0 saturated carbocycles. The summed E-state index contributed by atoms with van der Waals surface area (Å²) in [6.07, 6.45) is 2.17. The number of nitrogens with zero attached hydrogens (tertiary/aromatic N) is 1. The molecular weight excluding hydrogens is 326 g/mol. The normalized spacial score (nSPS) is 12.4. The minimum atomic E-state index is -0.566. The number of halogens is 3. The molecule has 1 aromatic carbocycles. The molecule has 0 saturated heterocycles. The van der Waals surface area contributed by atoms with Gasteiger partial charge < -0.3 is 5.32 Å². The topological polar surface area (TPSA) is 24.9 Å². The summed E-state index contributed by atoms with van der Waals surface area (Å²) in [4.78, 5) is 4.27. The quantitative estimate of drug-likeness (QED) is 0.911. The smallest absolute Gasteiger partial charge is 0.132 e. The zero-order valence-electron chi connectivity index (χ0n) is 11.3. The lowest BCUT2D eigenvalue weighted by molar-refractivity contribution is 0.486. The van der Waals surface area contributed by atoms with Crippen LogP contribution >= 0.6 is 15.9 Å². The van der Waals surface area contributed by atoms with E-state index in [1.165, 1.54) is 12.1 Å². The van der Waals surface area contributed by atoms with Crippen molar-refractivity contribution in [3.05, 3.63) is 63.4 Å². The summed E-state index contributed by atoms with van der Waals surface area (Å²) in [6, 6.07) is 5.88. The minimum Gasteiger partial charge on any atom is -0.312 e. The summed E-state index contributed by atoms with van der Waals surface area (Å²) >= 11 is 3.08. The molecule has 2 rings (SSSR count). The van der Waals surface area contributed by atoms with E-state index in [1.54, 1.807) is 13.2 Å². The monoisotopic (exact) mass is 340 g/mol. The third kappa shape index (κ3) is 3.41. The summed E-state index contributed by atoms with van der Waals surface area (Å²) in [5.74, 6) is -1.13. The Bertz CT molecular complexity index is 576. The van der Waals surface area contributed by atoms with Gasteiger partial charge in [0.15, 0.2) is 0 Å². The summed E-state index contributed by atoms with van der Waals surface area (Å²) in [6.45, 7) is 1.94. The molecule has 1 N–H and O–H groups in total. The number of likely N-dealkylation sites (N-methyl/N-ethyl adjacent to an activating group) is 1. The number of aryl methyl sites for hydroxylation is 1. The van der Waals surface area contributed by atoms with Crippen LogP contribution in [0.15, 0.2) is 34.9 Å². The van der Waals surface area contributed by atoms with E-state index in [1.807, 2.05) is 19.1 Å². The number of benzene rings is 1. The van der Waals surface area contributed by atoms with Crippen LogP contribution in [0.1, 0.15) is 22.9 Å². The second-order valence-electron chi connectivity index (χ2n) is 4.66. The van der Waals surface area contributed by atoms with Crippen molar-refractivity contribution >= 4 is 15.9 Å². The van der Waals surface area contributed by atoms with Crippen LogP contribution in [0.4, 0.5) is 8.78 Å². The standard InChI is InChI=1S/C15H15BrF2N2/c1-9-3-4-11(20-8-9)7-14(19-2)15-12(17)5-10(16)6-13(15)18/h3-6,8,14,19H,7H2,1-2H3. The Morgan fingerprint density at radius 2 is 1.90 bits per heavy atom. The van der Waals surface area contributed by atoms with Crippen LogP contribution in [0.2, 0.25) is 0 Å². The molecule has 0 fully saturated rings. The van der Waals surface area contributed by atoms with Gasteiger partial charge in [-0.05, 0) is 37.7 Å². The lowest BCUT2D eigenvalue weighted by Crippen LogP contribution is -2.22. The number of hydrogen-bond acceptors (Lipinski definition) is 2. The predicted molar refractivity (Wildman–Crippen MR) is 78.5 cm³/mol. The first-order chi connectivity index (χ1) is 9.51. The van der Waals surface area contributed by atoms with Crippen LogP contribution in [-0.4, -0.2) is 12.0 Å². The average Bonchev–Trinajstić information content (AvgIpc) is 2.38. The van der Waals surface area contributed by atoms with E-state index in [4.69, 9.17) is 0 Å². The fraction of sp³-hybridized carbons (Fsp3) is 0.267. The van der Waals surface area contributed by atoms with Crippen molar-refractivity contribution < 1.29 is 8.78 Å². The van der Waals surface area contributed by atoms with E-state index in [0.717, 1.165) is 11.3 Å². The Labute approximate surface area is 125 Å². The first-order valence-electron chi connectivity index (χ1n) is 6.24. The maximum atomic E-state index is 14.0. The van der Waals surface area contributed by atoms with Gasteiger partial charge in [-0.1, -0.05) is 22.0 Å². The Hall–Kier alpha value is -1.33. The highest BCUT2D eigenvalue weighted by atomic mass is 79.9. The van der Waals surface area contributed by atoms with Gasteiger partial charge in [-0.25, -0.2) is 8.78 Å². The van der Waals surface area contributed by atoms with Gasteiger partial charge in [0.25, 0.3) is 0 Å². The van der Waals surface area contributed by atoms with Crippen molar-refractivity contribution in [2.45, 2.75) is 19.4 Å². The fourth-order valence-electron chi connectivity index (χ4n) is 2.06. The fourth-order valence-corrected chi connectivity index (χ4v) is 2.47. The summed E-state index contributed by atoms with van der Waals surface area (Å²) < 4.78 is 28.4. The van der Waals surface area contributed by atoms with Gasteiger partial charge in [-0.15, -0.1) is 0 Å². The van der Waals surface area contributed by atoms with E-state index in [0.29, 0.717) is 10.9 Å². The van der Waals surface area contributed by atoms with Gasteiger partial charge in [-0.3, -0.25) is 4.98 Å². The summed E-state index contributed by atoms with van der Waals surface area (Å²) in [5.41, 5.74) is 1.88. The van der Waals surface area contributed by atoms with E-state index in [9.17, 15) is 8.78 Å². The van der Waals surface area contributed by atoms with Crippen LogP contribution < -0.4 is 5.32 Å². The number of rotatable bonds is 4. The SMILES string of the molecule is CNC(Cc1ccc(C)cn1)c1c(F)cc(Br)cc1F. The van der Waals surface area contributed by atoms with Crippen molar-refractivity contribution in [1.29, 1.82) is 0 Å². The van der Waals surface area contributed by atoms with Crippen LogP contribution in [0, 0.1) is 18.6 Å². The summed E-state index contributed by atoms with van der Waals surface area (Å²) in [7, 11) is 1.68. The number of hydrogen-bond donors (Lipinski definition) is 1. The Morgan fingerprint density at radius 3 is 2.40 bits per heavy atom. The van der Waals surface area contributed by atoms with Gasteiger partial charge in [0, 0.05) is 34.4 Å². The van der Waals surface area contributed by atoms with Gasteiger partial charge in [0.2, 0.25) is 0 Å². The lowest BCUT2D eigenvalue weighted by Gasteiger charge is -2.18. The van der Waals surface area contributed by atoms with Crippen molar-refractivity contribution in [2.24, 2.45) is 0 Å². The highest BCUT2D eigenvalue weighted by Crippen LogP contribution is 2.26. The molecule has 1 aromatic heterocycles. The molecule has 1 heterocycles. The molecular formula is C15H15BrF2N2. The molecule has 106 valence electrons. The van der Waals surface area contributed by atoms with Crippen LogP contribution in [-0.2, 0) is 6.42 Å². The van der Waals surface area contributed by atoms with Crippen molar-refractivity contribution in [1.82, 2.24) is 10.3 Å². The molecule has 0 aliphatic rings. The van der Waals surface area contributed by atoms with E-state index in [2.05, 4.69) is 26.2 Å². The second-order valence-corrected chi connectivity index (χ2v) is 5.57. The minimum absolute atomic E-state index is 0.0399. The molecule has 2 aromatic rings. The van der Waals surface area contributed by atoms with Crippen LogP contribution in [0.25, 0.3) is 0 Å². The van der Waals surface area contributed by atoms with Crippen LogP contribution in [0.3, 0.4) is 0 Å². The maximum absolute atomic E-state index is 14.0. The molecule has 0 aliphatic heterocycles. The van der Waals surface area contributed by atoms with Crippen LogP contribution in [0.5, 0.6) is 0 Å². The highest BCUT2D eigenvalue weighted by molar-refractivity contribution is 9.10. The molecule has 0 bridgehead atoms. The van der Waals surface area contributed by atoms with Crippen molar-refractivity contribution in [3.8, 4) is 0 Å². The van der Waals surface area contributed by atoms with E-state index < -0.39 is 17.7 Å². The molecule has 20 heavy (non-hydrogen) atoms. The predicted octanol–water partition coefficient (Wildman–Crippen LogP) is 3.93. The molecule has 0 aliphatic carbocycles. The Kier molecular flexibility index (Phi) is 4.83. The molecule has 1 unspecified atom stereocenters. The van der Waals surface area contributed by atoms with E-state index >= 15 is 0 Å². The zero-order valence-corrected chi connectivity index (χ0v) is 12.8. The number of nitrogens with one attached hydrogen (secondary N) is 1. The first-order valence-corrected chi connectivity index (χ1v) is 7.03. The van der Waals surface area contributed by atoms with Gasteiger partial charge in [0.05, 0.1) is 0 Å². The number of pyridine rings is 1. The average molecular weight is 341 g/mol. The molecule has 1 atom stereocenters. The van der Waals surface area contributed by atoms with Crippen molar-refractivity contribution in [3.63, 3.8) is 0 Å². The Morgan fingerprint density at radius 1 is 1.25 bits per heavy atom. The first kappa shape index (κ1) is 15.1. The van der Waals surface area contributed by atoms with Crippen molar-refractivity contribution in [2.75, 3.05) is 7.05 Å². The molecule has 0 amide bonds. The van der Waals surface area contributed by atoms with Gasteiger partial charge in [0.1, 0.15) is 11.6 Å². The third-order valence-electron chi connectivity index (χ3n) is 3.13. The van der Waals surface area contributed by atoms with E-state index in [-0.39, 0.29) is 5.56 Å². The second kappa shape index (κ2) is 6.41. The largest absolute Gasteiger partial charge is 0.312 e. The zero-order chi connectivity index (χ0) is 14.7. The maximum Gasteiger partial charge on any atom is 0.132 e. The molecule has 5 heteroatoms. The number of aromatic nitrogens is 1.